The highest BCUT2D eigenvalue weighted by atomic mass is 16.3. The summed E-state index contributed by atoms with van der Waals surface area (Å²) in [6, 6.07) is 14.1. The highest BCUT2D eigenvalue weighted by Gasteiger charge is 2.42. The number of carbonyl (C=O) groups excluding carboxylic acids is 2. The van der Waals surface area contributed by atoms with E-state index in [1.54, 1.807) is 13.8 Å². The van der Waals surface area contributed by atoms with Gasteiger partial charge in [-0.25, -0.2) is 0 Å². The molecule has 0 saturated heterocycles. The third-order valence-corrected chi connectivity index (χ3v) is 6.12. The third kappa shape index (κ3) is 3.43. The lowest BCUT2D eigenvalue weighted by Gasteiger charge is -2.29. The van der Waals surface area contributed by atoms with Gasteiger partial charge in [0.1, 0.15) is 5.41 Å². The minimum atomic E-state index is -1.37. The van der Waals surface area contributed by atoms with Gasteiger partial charge in [0.05, 0.1) is 24.3 Å². The zero-order valence-electron chi connectivity index (χ0n) is 16.6. The number of nitrogens with one attached hydrogen (secondary N) is 2. The number of rotatable bonds is 4. The van der Waals surface area contributed by atoms with Crippen molar-refractivity contribution in [2.75, 3.05) is 0 Å². The minimum Gasteiger partial charge on any atom is -0.390 e. The second-order valence-electron chi connectivity index (χ2n) is 8.47. The molecule has 0 aliphatic heterocycles. The number of hydrogen-bond donors (Lipinski definition) is 4. The first-order valence-corrected chi connectivity index (χ1v) is 9.92. The summed E-state index contributed by atoms with van der Waals surface area (Å²) in [5.74, 6) is -0.923. The molecule has 0 fully saturated rings. The molecule has 2 aromatic carbocycles. The van der Waals surface area contributed by atoms with E-state index in [0.29, 0.717) is 12.8 Å². The Morgan fingerprint density at radius 2 is 1.17 bits per heavy atom. The monoisotopic (exact) mass is 394 g/mol. The molecule has 4 rings (SSSR count). The van der Waals surface area contributed by atoms with Gasteiger partial charge in [0.25, 0.3) is 0 Å². The lowest BCUT2D eigenvalue weighted by Crippen LogP contribution is -2.51. The fourth-order valence-corrected chi connectivity index (χ4v) is 4.24. The average molecular weight is 394 g/mol. The van der Waals surface area contributed by atoms with E-state index < -0.39 is 41.5 Å². The molecule has 152 valence electrons. The molecule has 0 heterocycles. The van der Waals surface area contributed by atoms with Crippen LogP contribution in [0.15, 0.2) is 48.5 Å². The van der Waals surface area contributed by atoms with Gasteiger partial charge in [-0.3, -0.25) is 9.59 Å². The summed E-state index contributed by atoms with van der Waals surface area (Å²) in [7, 11) is 0. The van der Waals surface area contributed by atoms with Crippen LogP contribution < -0.4 is 10.6 Å². The molecule has 2 aliphatic carbocycles. The summed E-state index contributed by atoms with van der Waals surface area (Å²) in [6.45, 7) is 3.11. The van der Waals surface area contributed by atoms with E-state index >= 15 is 0 Å². The van der Waals surface area contributed by atoms with Crippen LogP contribution in [0.4, 0.5) is 0 Å². The van der Waals surface area contributed by atoms with E-state index in [-0.39, 0.29) is 0 Å². The molecular weight excluding hydrogens is 368 g/mol. The van der Waals surface area contributed by atoms with Crippen LogP contribution in [0.3, 0.4) is 0 Å². The lowest BCUT2D eigenvalue weighted by atomic mass is 9.89. The van der Waals surface area contributed by atoms with Crippen LogP contribution in [-0.2, 0) is 22.4 Å². The van der Waals surface area contributed by atoms with Crippen LogP contribution >= 0.6 is 0 Å². The molecule has 0 bridgehead atoms. The molecular formula is C23H26N2O4. The maximum absolute atomic E-state index is 13.0. The third-order valence-electron chi connectivity index (χ3n) is 6.12. The Balaban J connectivity index is 1.48. The van der Waals surface area contributed by atoms with E-state index in [2.05, 4.69) is 10.6 Å². The van der Waals surface area contributed by atoms with Crippen molar-refractivity contribution >= 4 is 11.8 Å². The number of carbonyl (C=O) groups is 2. The summed E-state index contributed by atoms with van der Waals surface area (Å²) < 4.78 is 0. The molecule has 2 aromatic rings. The zero-order chi connectivity index (χ0) is 20.8. The zero-order valence-corrected chi connectivity index (χ0v) is 16.6. The smallest absolute Gasteiger partial charge is 0.235 e. The number of fused-ring (bicyclic) bond motifs is 2. The normalized spacial score (nSPS) is 25.2. The molecule has 2 aliphatic rings. The van der Waals surface area contributed by atoms with Gasteiger partial charge in [-0.1, -0.05) is 48.5 Å². The van der Waals surface area contributed by atoms with E-state index in [0.717, 1.165) is 22.3 Å². The van der Waals surface area contributed by atoms with Gasteiger partial charge in [0.2, 0.25) is 11.8 Å². The van der Waals surface area contributed by atoms with Crippen molar-refractivity contribution in [1.82, 2.24) is 10.6 Å². The fourth-order valence-electron chi connectivity index (χ4n) is 4.24. The van der Waals surface area contributed by atoms with E-state index in [4.69, 9.17) is 0 Å². The van der Waals surface area contributed by atoms with Crippen molar-refractivity contribution in [2.45, 2.75) is 51.0 Å². The lowest BCUT2D eigenvalue weighted by molar-refractivity contribution is -0.143. The second kappa shape index (κ2) is 7.28. The molecule has 6 heteroatoms. The Hall–Kier alpha value is -2.70. The van der Waals surface area contributed by atoms with Crippen molar-refractivity contribution in [3.63, 3.8) is 0 Å². The van der Waals surface area contributed by atoms with E-state index in [1.807, 2.05) is 48.5 Å². The summed E-state index contributed by atoms with van der Waals surface area (Å²) >= 11 is 0. The maximum Gasteiger partial charge on any atom is 0.235 e. The molecule has 29 heavy (non-hydrogen) atoms. The number of aliphatic hydroxyl groups is 2. The van der Waals surface area contributed by atoms with Gasteiger partial charge in [-0.15, -0.1) is 0 Å². The van der Waals surface area contributed by atoms with Crippen molar-refractivity contribution in [3.8, 4) is 0 Å². The second-order valence-corrected chi connectivity index (χ2v) is 8.47. The Labute approximate surface area is 170 Å². The Bertz CT molecular complexity index is 880. The van der Waals surface area contributed by atoms with Crippen LogP contribution in [0.2, 0.25) is 0 Å². The van der Waals surface area contributed by atoms with Gasteiger partial charge in [0.15, 0.2) is 0 Å². The maximum atomic E-state index is 13.0. The number of aliphatic hydroxyl groups excluding tert-OH is 2. The molecule has 4 atom stereocenters. The van der Waals surface area contributed by atoms with Crippen molar-refractivity contribution in [2.24, 2.45) is 5.41 Å². The van der Waals surface area contributed by atoms with Gasteiger partial charge in [0, 0.05) is 12.8 Å². The predicted octanol–water partition coefficient (Wildman–Crippen LogP) is 1.56. The van der Waals surface area contributed by atoms with Gasteiger partial charge < -0.3 is 20.8 Å². The van der Waals surface area contributed by atoms with Gasteiger partial charge in [-0.05, 0) is 36.1 Å². The summed E-state index contributed by atoms with van der Waals surface area (Å²) in [6.07, 6.45) is -0.505. The van der Waals surface area contributed by atoms with Crippen molar-refractivity contribution in [1.29, 1.82) is 0 Å². The standard InChI is InChI=1S/C23H26N2O4/c1-23(2,21(28)24-19-15-9-5-3-7-13(15)11-17(19)26)22(29)25-20-16-10-6-4-8-14(16)12-18(20)27/h3-10,17-20,26-27H,11-12H2,1-2H3,(H,24,28)(H,25,29)/t17-,18-,19+,20+/m1/s1. The number of benzene rings is 2. The number of amides is 2. The quantitative estimate of drug-likeness (QED) is 0.592. The minimum absolute atomic E-state index is 0.462. The topological polar surface area (TPSA) is 98.7 Å². The average Bonchev–Trinajstić information content (AvgIpc) is 3.18. The van der Waals surface area contributed by atoms with Crippen LogP contribution in [-0.4, -0.2) is 34.2 Å². The molecule has 4 N–H and O–H groups in total. The molecule has 0 aromatic heterocycles. The predicted molar refractivity (Wildman–Crippen MR) is 108 cm³/mol. The Morgan fingerprint density at radius 3 is 1.59 bits per heavy atom. The van der Waals surface area contributed by atoms with Crippen LogP contribution in [0.5, 0.6) is 0 Å². The van der Waals surface area contributed by atoms with Gasteiger partial charge >= 0.3 is 0 Å². The molecule has 0 spiro atoms. The highest BCUT2D eigenvalue weighted by molar-refractivity contribution is 6.04. The Morgan fingerprint density at radius 1 is 0.793 bits per heavy atom. The molecule has 0 radical (unpaired) electrons. The first kappa shape index (κ1) is 19.6. The van der Waals surface area contributed by atoms with E-state index in [9.17, 15) is 19.8 Å². The molecule has 6 nitrogen and oxygen atoms in total. The Kier molecular flexibility index (Phi) is 4.92. The molecule has 0 saturated carbocycles. The summed E-state index contributed by atoms with van der Waals surface area (Å²) in [4.78, 5) is 25.9. The van der Waals surface area contributed by atoms with Crippen molar-refractivity contribution < 1.29 is 19.8 Å². The largest absolute Gasteiger partial charge is 0.390 e. The van der Waals surface area contributed by atoms with Crippen LogP contribution in [0, 0.1) is 5.41 Å². The van der Waals surface area contributed by atoms with E-state index in [1.165, 1.54) is 0 Å². The fraction of sp³-hybridized carbons (Fsp3) is 0.391. The molecule has 0 unspecified atom stereocenters. The van der Waals surface area contributed by atoms with Gasteiger partial charge in [-0.2, -0.15) is 0 Å². The first-order valence-electron chi connectivity index (χ1n) is 9.92. The van der Waals surface area contributed by atoms with Crippen LogP contribution in [0.25, 0.3) is 0 Å². The number of hydrogen-bond acceptors (Lipinski definition) is 4. The SMILES string of the molecule is CC(C)(C(=O)N[C@H]1c2ccccc2C[C@H]1O)C(=O)N[C@H]1c2ccccc2C[C@H]1O. The highest BCUT2D eigenvalue weighted by Crippen LogP contribution is 2.34. The van der Waals surface area contributed by atoms with Crippen molar-refractivity contribution in [3.05, 3.63) is 70.8 Å². The summed E-state index contributed by atoms with van der Waals surface area (Å²) in [5, 5.41) is 26.5. The summed E-state index contributed by atoms with van der Waals surface area (Å²) in [5.41, 5.74) is 2.39. The first-order chi connectivity index (χ1) is 13.8. The molecule has 2 amide bonds. The van der Waals surface area contributed by atoms with Crippen LogP contribution in [0.1, 0.15) is 48.2 Å².